The van der Waals surface area contributed by atoms with E-state index in [0.717, 1.165) is 16.3 Å². The summed E-state index contributed by atoms with van der Waals surface area (Å²) in [5.74, 6) is 0.110. The Hall–Kier alpha value is -2.36. The average Bonchev–Trinajstić information content (AvgIpc) is 2.72. The van der Waals surface area contributed by atoms with Crippen molar-refractivity contribution in [2.45, 2.75) is 12.8 Å². The molecule has 1 aliphatic heterocycles. The van der Waals surface area contributed by atoms with Crippen molar-refractivity contribution in [3.63, 3.8) is 0 Å². The van der Waals surface area contributed by atoms with Crippen LogP contribution in [0, 0.1) is 0 Å². The molecule has 0 spiro atoms. The van der Waals surface area contributed by atoms with Gasteiger partial charge in [-0.3, -0.25) is 9.59 Å². The summed E-state index contributed by atoms with van der Waals surface area (Å²) in [7, 11) is 0. The van der Waals surface area contributed by atoms with E-state index in [9.17, 15) is 9.59 Å². The summed E-state index contributed by atoms with van der Waals surface area (Å²) >= 11 is 0. The second kappa shape index (κ2) is 5.95. The third-order valence-corrected chi connectivity index (χ3v) is 3.89. The Kier molecular flexibility index (Phi) is 3.86. The third kappa shape index (κ3) is 3.05. The Labute approximate surface area is 123 Å². The molecule has 21 heavy (non-hydrogen) atoms. The van der Waals surface area contributed by atoms with E-state index in [4.69, 9.17) is 0 Å². The van der Waals surface area contributed by atoms with Gasteiger partial charge in [-0.2, -0.15) is 0 Å². The lowest BCUT2D eigenvalue weighted by atomic mass is 10.0. The van der Waals surface area contributed by atoms with Crippen LogP contribution in [0.15, 0.2) is 42.5 Å². The van der Waals surface area contributed by atoms with Gasteiger partial charge in [0.05, 0.1) is 6.42 Å². The normalized spacial score (nSPS) is 15.6. The third-order valence-electron chi connectivity index (χ3n) is 3.89. The molecule has 0 saturated carbocycles. The van der Waals surface area contributed by atoms with Gasteiger partial charge in [-0.05, 0) is 16.3 Å². The van der Waals surface area contributed by atoms with Crippen molar-refractivity contribution in [1.82, 2.24) is 10.2 Å². The molecule has 0 aromatic heterocycles. The first-order chi connectivity index (χ1) is 10.2. The standard InChI is InChI=1S/C17H18N2O2/c20-16-8-10-19(11-9-18-16)17(21)12-14-6-3-5-13-4-1-2-7-15(13)14/h1-7H,8-12H2,(H,18,20). The molecule has 0 radical (unpaired) electrons. The first kappa shape index (κ1) is 13.6. The van der Waals surface area contributed by atoms with Gasteiger partial charge in [0.1, 0.15) is 0 Å². The Balaban J connectivity index is 1.78. The molecule has 1 heterocycles. The second-order valence-electron chi connectivity index (χ2n) is 5.30. The van der Waals surface area contributed by atoms with Crippen molar-refractivity contribution in [2.24, 2.45) is 0 Å². The van der Waals surface area contributed by atoms with Gasteiger partial charge in [0.15, 0.2) is 0 Å². The zero-order valence-corrected chi connectivity index (χ0v) is 11.8. The van der Waals surface area contributed by atoms with E-state index in [1.165, 1.54) is 0 Å². The molecule has 4 heteroatoms. The lowest BCUT2D eigenvalue weighted by Crippen LogP contribution is -2.35. The highest BCUT2D eigenvalue weighted by Crippen LogP contribution is 2.19. The van der Waals surface area contributed by atoms with E-state index in [0.29, 0.717) is 32.5 Å². The zero-order chi connectivity index (χ0) is 14.7. The first-order valence-electron chi connectivity index (χ1n) is 7.25. The summed E-state index contributed by atoms with van der Waals surface area (Å²) in [6.07, 6.45) is 0.775. The van der Waals surface area contributed by atoms with Gasteiger partial charge < -0.3 is 10.2 Å². The Morgan fingerprint density at radius 3 is 2.81 bits per heavy atom. The average molecular weight is 282 g/mol. The number of benzene rings is 2. The van der Waals surface area contributed by atoms with Gasteiger partial charge >= 0.3 is 0 Å². The molecule has 2 aromatic rings. The van der Waals surface area contributed by atoms with Crippen LogP contribution in [0.1, 0.15) is 12.0 Å². The fraction of sp³-hybridized carbons (Fsp3) is 0.294. The van der Waals surface area contributed by atoms with Crippen molar-refractivity contribution in [3.8, 4) is 0 Å². The maximum atomic E-state index is 12.5. The van der Waals surface area contributed by atoms with Crippen LogP contribution < -0.4 is 5.32 Å². The maximum Gasteiger partial charge on any atom is 0.227 e. The van der Waals surface area contributed by atoms with E-state index in [1.807, 2.05) is 30.3 Å². The SMILES string of the molecule is O=C1CCN(C(=O)Cc2cccc3ccccc23)CCN1. The Morgan fingerprint density at radius 2 is 1.90 bits per heavy atom. The smallest absolute Gasteiger partial charge is 0.227 e. The number of nitrogens with one attached hydrogen (secondary N) is 1. The quantitative estimate of drug-likeness (QED) is 0.912. The maximum absolute atomic E-state index is 12.5. The number of rotatable bonds is 2. The minimum Gasteiger partial charge on any atom is -0.354 e. The van der Waals surface area contributed by atoms with Crippen LogP contribution in [0.4, 0.5) is 0 Å². The topological polar surface area (TPSA) is 49.4 Å². The second-order valence-corrected chi connectivity index (χ2v) is 5.30. The van der Waals surface area contributed by atoms with Crippen molar-refractivity contribution >= 4 is 22.6 Å². The van der Waals surface area contributed by atoms with Crippen LogP contribution in [-0.4, -0.2) is 36.3 Å². The molecule has 0 bridgehead atoms. The highest BCUT2D eigenvalue weighted by Gasteiger charge is 2.19. The summed E-state index contributed by atoms with van der Waals surface area (Å²) in [6.45, 7) is 1.64. The number of hydrogen-bond donors (Lipinski definition) is 1. The van der Waals surface area contributed by atoms with Crippen LogP contribution in [0.3, 0.4) is 0 Å². The fourth-order valence-corrected chi connectivity index (χ4v) is 2.74. The van der Waals surface area contributed by atoms with Crippen molar-refractivity contribution in [3.05, 3.63) is 48.0 Å². The van der Waals surface area contributed by atoms with Gasteiger partial charge in [0.2, 0.25) is 11.8 Å². The molecule has 108 valence electrons. The largest absolute Gasteiger partial charge is 0.354 e. The summed E-state index contributed by atoms with van der Waals surface area (Å²) < 4.78 is 0. The van der Waals surface area contributed by atoms with Gasteiger partial charge in [-0.25, -0.2) is 0 Å². The van der Waals surface area contributed by atoms with Crippen LogP contribution in [0.2, 0.25) is 0 Å². The molecule has 0 aliphatic carbocycles. The summed E-state index contributed by atoms with van der Waals surface area (Å²) in [6, 6.07) is 14.1. The van der Waals surface area contributed by atoms with Crippen LogP contribution in [-0.2, 0) is 16.0 Å². The number of carbonyl (C=O) groups excluding carboxylic acids is 2. The highest BCUT2D eigenvalue weighted by atomic mass is 16.2. The minimum absolute atomic E-state index is 0.0236. The molecular weight excluding hydrogens is 264 g/mol. The molecule has 2 aromatic carbocycles. The van der Waals surface area contributed by atoms with Gasteiger partial charge in [0, 0.05) is 26.1 Å². The van der Waals surface area contributed by atoms with Crippen LogP contribution >= 0.6 is 0 Å². The lowest BCUT2D eigenvalue weighted by Gasteiger charge is -2.20. The molecule has 0 unspecified atom stereocenters. The summed E-state index contributed by atoms with van der Waals surface area (Å²) in [5.41, 5.74) is 1.04. The summed E-state index contributed by atoms with van der Waals surface area (Å²) in [5, 5.41) is 5.06. The first-order valence-corrected chi connectivity index (χ1v) is 7.25. The van der Waals surface area contributed by atoms with E-state index >= 15 is 0 Å². The predicted octanol–water partition coefficient (Wildman–Crippen LogP) is 1.73. The van der Waals surface area contributed by atoms with Gasteiger partial charge in [-0.1, -0.05) is 42.5 Å². The van der Waals surface area contributed by atoms with Crippen LogP contribution in [0.5, 0.6) is 0 Å². The molecule has 1 fully saturated rings. The van der Waals surface area contributed by atoms with Crippen molar-refractivity contribution in [2.75, 3.05) is 19.6 Å². The molecule has 4 nitrogen and oxygen atoms in total. The molecule has 0 atom stereocenters. The number of hydrogen-bond acceptors (Lipinski definition) is 2. The number of fused-ring (bicyclic) bond motifs is 1. The van der Waals surface area contributed by atoms with E-state index in [1.54, 1.807) is 4.90 Å². The zero-order valence-electron chi connectivity index (χ0n) is 11.8. The van der Waals surface area contributed by atoms with Gasteiger partial charge in [0.25, 0.3) is 0 Å². The Morgan fingerprint density at radius 1 is 1.10 bits per heavy atom. The summed E-state index contributed by atoms with van der Waals surface area (Å²) in [4.78, 5) is 25.6. The van der Waals surface area contributed by atoms with Crippen LogP contribution in [0.25, 0.3) is 10.8 Å². The highest BCUT2D eigenvalue weighted by molar-refractivity contribution is 5.90. The molecular formula is C17H18N2O2. The number of carbonyl (C=O) groups is 2. The van der Waals surface area contributed by atoms with Crippen molar-refractivity contribution in [1.29, 1.82) is 0 Å². The van der Waals surface area contributed by atoms with E-state index < -0.39 is 0 Å². The van der Waals surface area contributed by atoms with E-state index in [2.05, 4.69) is 17.4 Å². The monoisotopic (exact) mass is 282 g/mol. The Bertz CT molecular complexity index is 676. The molecule has 1 N–H and O–H groups in total. The number of amides is 2. The molecule has 2 amide bonds. The van der Waals surface area contributed by atoms with Crippen molar-refractivity contribution < 1.29 is 9.59 Å². The lowest BCUT2D eigenvalue weighted by molar-refractivity contribution is -0.130. The fourth-order valence-electron chi connectivity index (χ4n) is 2.74. The molecule has 1 aliphatic rings. The molecule has 3 rings (SSSR count). The predicted molar refractivity (Wildman–Crippen MR) is 81.9 cm³/mol. The molecule has 1 saturated heterocycles. The van der Waals surface area contributed by atoms with E-state index in [-0.39, 0.29) is 11.8 Å². The number of nitrogens with zero attached hydrogens (tertiary/aromatic N) is 1. The van der Waals surface area contributed by atoms with Gasteiger partial charge in [-0.15, -0.1) is 0 Å². The minimum atomic E-state index is 0.0236.